The Bertz CT molecular complexity index is 168. The molecule has 0 aliphatic carbocycles. The van der Waals surface area contributed by atoms with Gasteiger partial charge < -0.3 is 10.8 Å². The van der Waals surface area contributed by atoms with Crippen LogP contribution < -0.4 is 5.73 Å². The van der Waals surface area contributed by atoms with Crippen molar-refractivity contribution in [3.05, 3.63) is 0 Å². The van der Waals surface area contributed by atoms with Crippen LogP contribution in [0.2, 0.25) is 0 Å². The van der Waals surface area contributed by atoms with E-state index in [9.17, 15) is 5.11 Å². The molecule has 0 aliphatic heterocycles. The minimum Gasteiger partial charge on any atom is -0.376 e. The average molecular weight is 257 g/mol. The molecule has 0 fully saturated rings. The lowest BCUT2D eigenvalue weighted by atomic mass is 10.0. The Kier molecular flexibility index (Phi) is 11.9. The van der Waals surface area contributed by atoms with Crippen LogP contribution in [0.4, 0.5) is 0 Å². The van der Waals surface area contributed by atoms with E-state index in [1.165, 1.54) is 64.2 Å². The second kappa shape index (κ2) is 12.0. The molecule has 0 radical (unpaired) electrons. The highest BCUT2D eigenvalue weighted by Gasteiger charge is 2.16. The van der Waals surface area contributed by atoms with Gasteiger partial charge in [0.25, 0.3) is 0 Å². The van der Waals surface area contributed by atoms with Gasteiger partial charge in [-0.3, -0.25) is 0 Å². The summed E-state index contributed by atoms with van der Waals surface area (Å²) in [5.41, 5.74) is 4.77. The zero-order chi connectivity index (χ0) is 13.7. The van der Waals surface area contributed by atoms with Crippen molar-refractivity contribution in [2.75, 3.05) is 0 Å². The van der Waals surface area contributed by atoms with Gasteiger partial charge in [-0.1, -0.05) is 78.1 Å². The SMILES string of the molecule is CCCCCCCCCCCCCC(N)(O)CC. The molecule has 110 valence electrons. The molecule has 0 rings (SSSR count). The highest BCUT2D eigenvalue weighted by atomic mass is 16.3. The maximum atomic E-state index is 9.64. The Hall–Kier alpha value is -0.0800. The van der Waals surface area contributed by atoms with Gasteiger partial charge in [0, 0.05) is 0 Å². The van der Waals surface area contributed by atoms with Gasteiger partial charge in [0.05, 0.1) is 0 Å². The van der Waals surface area contributed by atoms with Gasteiger partial charge >= 0.3 is 0 Å². The van der Waals surface area contributed by atoms with Gasteiger partial charge in [0.1, 0.15) is 5.72 Å². The first-order valence-electron chi connectivity index (χ1n) is 8.13. The smallest absolute Gasteiger partial charge is 0.113 e. The van der Waals surface area contributed by atoms with Crippen molar-refractivity contribution < 1.29 is 5.11 Å². The number of hydrogen-bond acceptors (Lipinski definition) is 2. The highest BCUT2D eigenvalue weighted by molar-refractivity contribution is 4.67. The second-order valence-corrected chi connectivity index (χ2v) is 5.74. The molecular formula is C16H35NO. The molecule has 0 aromatic heterocycles. The Balaban J connectivity index is 3.08. The van der Waals surface area contributed by atoms with Gasteiger partial charge in [0.2, 0.25) is 0 Å². The molecule has 2 heteroatoms. The third-order valence-corrected chi connectivity index (χ3v) is 3.83. The molecule has 0 amide bonds. The zero-order valence-corrected chi connectivity index (χ0v) is 12.7. The van der Waals surface area contributed by atoms with E-state index in [0.29, 0.717) is 6.42 Å². The van der Waals surface area contributed by atoms with Crippen molar-refractivity contribution in [1.82, 2.24) is 0 Å². The summed E-state index contributed by atoms with van der Waals surface area (Å²) in [5, 5.41) is 9.64. The molecule has 0 saturated carbocycles. The Morgan fingerprint density at radius 3 is 1.50 bits per heavy atom. The largest absolute Gasteiger partial charge is 0.376 e. The molecule has 0 bridgehead atoms. The Morgan fingerprint density at radius 1 is 0.722 bits per heavy atom. The number of nitrogens with two attached hydrogens (primary N) is 1. The van der Waals surface area contributed by atoms with Crippen LogP contribution >= 0.6 is 0 Å². The van der Waals surface area contributed by atoms with Gasteiger partial charge in [0.15, 0.2) is 0 Å². The molecule has 0 aromatic rings. The predicted octanol–water partition coefficient (Wildman–Crippen LogP) is 4.74. The van der Waals surface area contributed by atoms with Crippen molar-refractivity contribution in [3.8, 4) is 0 Å². The summed E-state index contributed by atoms with van der Waals surface area (Å²) in [4.78, 5) is 0. The van der Waals surface area contributed by atoms with E-state index in [1.54, 1.807) is 0 Å². The lowest BCUT2D eigenvalue weighted by molar-refractivity contribution is 0.0314. The van der Waals surface area contributed by atoms with Crippen molar-refractivity contribution in [3.63, 3.8) is 0 Å². The quantitative estimate of drug-likeness (QED) is 0.369. The van der Waals surface area contributed by atoms with Crippen LogP contribution in [0.5, 0.6) is 0 Å². The lowest BCUT2D eigenvalue weighted by Crippen LogP contribution is -2.38. The molecule has 2 nitrogen and oxygen atoms in total. The number of unbranched alkanes of at least 4 members (excludes halogenated alkanes) is 10. The van der Waals surface area contributed by atoms with Crippen LogP contribution in [0.1, 0.15) is 97.3 Å². The molecule has 1 unspecified atom stereocenters. The monoisotopic (exact) mass is 257 g/mol. The summed E-state index contributed by atoms with van der Waals surface area (Å²) in [5.74, 6) is 0. The molecule has 0 aliphatic rings. The van der Waals surface area contributed by atoms with E-state index in [4.69, 9.17) is 5.73 Å². The van der Waals surface area contributed by atoms with Crippen LogP contribution in [0.25, 0.3) is 0 Å². The second-order valence-electron chi connectivity index (χ2n) is 5.74. The van der Waals surface area contributed by atoms with E-state index in [2.05, 4.69) is 6.92 Å². The maximum absolute atomic E-state index is 9.64. The fourth-order valence-electron chi connectivity index (χ4n) is 2.27. The highest BCUT2D eigenvalue weighted by Crippen LogP contribution is 2.15. The molecule has 18 heavy (non-hydrogen) atoms. The van der Waals surface area contributed by atoms with Gasteiger partial charge in [-0.2, -0.15) is 0 Å². The van der Waals surface area contributed by atoms with E-state index in [-0.39, 0.29) is 0 Å². The van der Waals surface area contributed by atoms with Crippen LogP contribution in [-0.4, -0.2) is 10.8 Å². The summed E-state index contributed by atoms with van der Waals surface area (Å²) < 4.78 is 0. The first-order chi connectivity index (χ1) is 8.62. The third-order valence-electron chi connectivity index (χ3n) is 3.83. The van der Waals surface area contributed by atoms with Gasteiger partial charge in [-0.15, -0.1) is 0 Å². The van der Waals surface area contributed by atoms with Crippen LogP contribution in [0.3, 0.4) is 0 Å². The van der Waals surface area contributed by atoms with Crippen molar-refractivity contribution in [2.24, 2.45) is 5.73 Å². The third kappa shape index (κ3) is 12.4. The normalized spacial score (nSPS) is 14.7. The van der Waals surface area contributed by atoms with Gasteiger partial charge in [-0.05, 0) is 19.3 Å². The minimum atomic E-state index is -0.917. The summed E-state index contributed by atoms with van der Waals surface area (Å²) in [7, 11) is 0. The van der Waals surface area contributed by atoms with E-state index in [1.807, 2.05) is 6.92 Å². The van der Waals surface area contributed by atoms with Gasteiger partial charge in [-0.25, -0.2) is 0 Å². The number of hydrogen-bond donors (Lipinski definition) is 2. The molecule has 1 atom stereocenters. The first-order valence-corrected chi connectivity index (χ1v) is 8.13. The summed E-state index contributed by atoms with van der Waals surface area (Å²) in [6.45, 7) is 4.21. The van der Waals surface area contributed by atoms with E-state index >= 15 is 0 Å². The van der Waals surface area contributed by atoms with Crippen LogP contribution in [-0.2, 0) is 0 Å². The standard InChI is InChI=1S/C16H35NO/c1-3-5-6-7-8-9-10-11-12-13-14-15-16(17,18)4-2/h18H,3-15,17H2,1-2H3. The van der Waals surface area contributed by atoms with Crippen molar-refractivity contribution in [1.29, 1.82) is 0 Å². The summed E-state index contributed by atoms with van der Waals surface area (Å²) in [6, 6.07) is 0. The van der Waals surface area contributed by atoms with Crippen LogP contribution in [0, 0.1) is 0 Å². The molecule has 3 N–H and O–H groups in total. The fourth-order valence-corrected chi connectivity index (χ4v) is 2.27. The fraction of sp³-hybridized carbons (Fsp3) is 1.00. The zero-order valence-electron chi connectivity index (χ0n) is 12.7. The Morgan fingerprint density at radius 2 is 1.11 bits per heavy atom. The summed E-state index contributed by atoms with van der Waals surface area (Å²) in [6.07, 6.45) is 16.1. The topological polar surface area (TPSA) is 46.2 Å². The van der Waals surface area contributed by atoms with Crippen LogP contribution in [0.15, 0.2) is 0 Å². The Labute approximate surface area is 114 Å². The first kappa shape index (κ1) is 17.9. The minimum absolute atomic E-state index is 0.658. The van der Waals surface area contributed by atoms with Crippen molar-refractivity contribution >= 4 is 0 Å². The number of rotatable bonds is 13. The molecule has 0 heterocycles. The predicted molar refractivity (Wildman–Crippen MR) is 80.5 cm³/mol. The van der Waals surface area contributed by atoms with E-state index in [0.717, 1.165) is 12.8 Å². The lowest BCUT2D eigenvalue weighted by Gasteiger charge is -2.20. The molecular weight excluding hydrogens is 222 g/mol. The molecule has 0 spiro atoms. The number of aliphatic hydroxyl groups is 1. The average Bonchev–Trinajstić information content (AvgIpc) is 2.36. The van der Waals surface area contributed by atoms with E-state index < -0.39 is 5.72 Å². The molecule has 0 aromatic carbocycles. The van der Waals surface area contributed by atoms with Crippen molar-refractivity contribution in [2.45, 2.75) is 103 Å². The maximum Gasteiger partial charge on any atom is 0.113 e. The summed E-state index contributed by atoms with van der Waals surface area (Å²) >= 11 is 0. The molecule has 0 saturated heterocycles.